The lowest BCUT2D eigenvalue weighted by Crippen LogP contribution is -2.30. The summed E-state index contributed by atoms with van der Waals surface area (Å²) in [6.07, 6.45) is 7.50. The van der Waals surface area contributed by atoms with Gasteiger partial charge in [-0.15, -0.1) is 0 Å². The Morgan fingerprint density at radius 3 is 2.75 bits per heavy atom. The molecular weight excluding hydrogens is 409 g/mol. The molecule has 0 radical (unpaired) electrons. The van der Waals surface area contributed by atoms with E-state index in [1.54, 1.807) is 23.1 Å². The number of halogens is 1. The number of aromatic amines is 1. The average molecular weight is 433 g/mol. The van der Waals surface area contributed by atoms with Crippen molar-refractivity contribution < 1.29 is 9.18 Å². The number of likely N-dealkylation sites (tertiary alicyclic amines) is 1. The van der Waals surface area contributed by atoms with Gasteiger partial charge in [0.25, 0.3) is 0 Å². The third-order valence-corrected chi connectivity index (χ3v) is 5.82. The molecule has 0 bridgehead atoms. The van der Waals surface area contributed by atoms with E-state index in [9.17, 15) is 4.79 Å². The lowest BCUT2D eigenvalue weighted by molar-refractivity contribution is -0.117. The second-order valence-electron chi connectivity index (χ2n) is 8.27. The summed E-state index contributed by atoms with van der Waals surface area (Å²) in [5.41, 5.74) is 4.42. The number of fused-ring (bicyclic) bond motifs is 1. The maximum absolute atomic E-state index is 15.2. The van der Waals surface area contributed by atoms with Crippen LogP contribution in [0.4, 0.5) is 10.1 Å². The predicted molar refractivity (Wildman–Crippen MR) is 121 cm³/mol. The molecule has 1 aliphatic heterocycles. The van der Waals surface area contributed by atoms with Crippen molar-refractivity contribution in [3.05, 3.63) is 48.2 Å². The minimum Gasteiger partial charge on any atom is -0.325 e. The number of hydrogen-bond donors (Lipinski definition) is 2. The maximum Gasteiger partial charge on any atom is 0.238 e. The van der Waals surface area contributed by atoms with Gasteiger partial charge in [-0.2, -0.15) is 10.2 Å². The Kier molecular flexibility index (Phi) is 5.18. The Hall–Kier alpha value is -3.59. The molecule has 8 nitrogen and oxygen atoms in total. The van der Waals surface area contributed by atoms with Crippen LogP contribution in [0.15, 0.2) is 36.8 Å². The molecular formula is C23H24FN7O. The molecule has 1 aromatic carbocycles. The fourth-order valence-electron chi connectivity index (χ4n) is 4.30. The number of anilines is 1. The van der Waals surface area contributed by atoms with E-state index in [1.165, 1.54) is 6.07 Å². The molecule has 5 rings (SSSR count). The van der Waals surface area contributed by atoms with Crippen molar-refractivity contribution in [1.29, 1.82) is 0 Å². The van der Waals surface area contributed by atoms with E-state index in [2.05, 4.69) is 30.5 Å². The molecule has 1 aliphatic rings. The molecule has 1 amide bonds. The minimum absolute atomic E-state index is 0.127. The number of carbonyl (C=O) groups excluding carboxylic acids is 1. The monoisotopic (exact) mass is 433 g/mol. The minimum atomic E-state index is -0.431. The molecule has 0 saturated carbocycles. The van der Waals surface area contributed by atoms with Gasteiger partial charge in [-0.05, 0) is 56.6 Å². The summed E-state index contributed by atoms with van der Waals surface area (Å²) in [6.45, 7) is 4.02. The van der Waals surface area contributed by atoms with Crippen LogP contribution in [0, 0.1) is 12.7 Å². The summed E-state index contributed by atoms with van der Waals surface area (Å²) in [7, 11) is 1.84. The van der Waals surface area contributed by atoms with Crippen LogP contribution in [0.3, 0.4) is 0 Å². The van der Waals surface area contributed by atoms with Gasteiger partial charge in [0.2, 0.25) is 5.91 Å². The molecule has 0 aliphatic carbocycles. The summed E-state index contributed by atoms with van der Waals surface area (Å²) in [5, 5.41) is 15.2. The topological polar surface area (TPSA) is 91.7 Å². The maximum atomic E-state index is 15.2. The fourth-order valence-corrected chi connectivity index (χ4v) is 4.30. The number of carbonyl (C=O) groups is 1. The number of aryl methyl sites for hydroxylation is 2. The van der Waals surface area contributed by atoms with Crippen molar-refractivity contribution in [3.63, 3.8) is 0 Å². The number of hydrogen-bond acceptors (Lipinski definition) is 5. The van der Waals surface area contributed by atoms with Crippen LogP contribution in [-0.2, 0) is 11.8 Å². The van der Waals surface area contributed by atoms with E-state index >= 15 is 4.39 Å². The zero-order valence-corrected chi connectivity index (χ0v) is 18.0. The molecule has 32 heavy (non-hydrogen) atoms. The first-order valence-electron chi connectivity index (χ1n) is 10.6. The quantitative estimate of drug-likeness (QED) is 0.503. The lowest BCUT2D eigenvalue weighted by atomic mass is 10.0. The first-order chi connectivity index (χ1) is 15.5. The molecule has 1 fully saturated rings. The first-order valence-corrected chi connectivity index (χ1v) is 10.6. The highest BCUT2D eigenvalue weighted by molar-refractivity contribution is 5.95. The van der Waals surface area contributed by atoms with Gasteiger partial charge in [-0.1, -0.05) is 0 Å². The van der Waals surface area contributed by atoms with Crippen molar-refractivity contribution in [2.24, 2.45) is 7.05 Å². The summed E-state index contributed by atoms with van der Waals surface area (Å²) >= 11 is 0. The molecule has 9 heteroatoms. The number of nitrogens with one attached hydrogen (secondary N) is 2. The zero-order valence-electron chi connectivity index (χ0n) is 18.0. The van der Waals surface area contributed by atoms with Crippen molar-refractivity contribution in [2.45, 2.75) is 19.8 Å². The fraction of sp³-hybridized carbons (Fsp3) is 0.304. The number of aromatic nitrogens is 5. The summed E-state index contributed by atoms with van der Waals surface area (Å²) < 4.78 is 16.9. The Morgan fingerprint density at radius 2 is 2.03 bits per heavy atom. The van der Waals surface area contributed by atoms with E-state index in [0.29, 0.717) is 29.1 Å². The normalized spacial score (nSPS) is 14.3. The first kappa shape index (κ1) is 20.3. The SMILES string of the molecule is Cc1cc(NC(=O)CN2CCCC2)cc(F)c1-c1cc2c(-c3cnn(C)c3)n[nH]c2cn1. The van der Waals surface area contributed by atoms with Gasteiger partial charge >= 0.3 is 0 Å². The van der Waals surface area contributed by atoms with Gasteiger partial charge in [-0.25, -0.2) is 4.39 Å². The third kappa shape index (κ3) is 3.87. The molecule has 0 unspecified atom stereocenters. The molecule has 2 N–H and O–H groups in total. The van der Waals surface area contributed by atoms with E-state index in [4.69, 9.17) is 0 Å². The van der Waals surface area contributed by atoms with Gasteiger partial charge in [0, 0.05) is 35.4 Å². The number of nitrogens with zero attached hydrogens (tertiary/aromatic N) is 5. The lowest BCUT2D eigenvalue weighted by Gasteiger charge is -2.15. The van der Waals surface area contributed by atoms with E-state index in [1.807, 2.05) is 26.2 Å². The molecule has 0 atom stereocenters. The summed E-state index contributed by atoms with van der Waals surface area (Å²) in [4.78, 5) is 18.9. The number of amides is 1. The smallest absolute Gasteiger partial charge is 0.238 e. The van der Waals surface area contributed by atoms with Crippen LogP contribution in [0.25, 0.3) is 33.4 Å². The molecule has 4 aromatic rings. The highest BCUT2D eigenvalue weighted by Crippen LogP contribution is 2.32. The highest BCUT2D eigenvalue weighted by atomic mass is 19.1. The average Bonchev–Trinajstić information content (AvgIpc) is 3.48. The zero-order chi connectivity index (χ0) is 22.2. The predicted octanol–water partition coefficient (Wildman–Crippen LogP) is 3.51. The van der Waals surface area contributed by atoms with Crippen LogP contribution in [0.1, 0.15) is 18.4 Å². The summed E-state index contributed by atoms with van der Waals surface area (Å²) in [6, 6.07) is 4.97. The Bertz CT molecular complexity index is 1280. The van der Waals surface area contributed by atoms with Crippen LogP contribution < -0.4 is 5.32 Å². The van der Waals surface area contributed by atoms with Crippen LogP contribution in [-0.4, -0.2) is 55.4 Å². The summed E-state index contributed by atoms with van der Waals surface area (Å²) in [5.74, 6) is -0.558. The van der Waals surface area contributed by atoms with Crippen molar-refractivity contribution in [2.75, 3.05) is 25.0 Å². The largest absolute Gasteiger partial charge is 0.325 e. The third-order valence-electron chi connectivity index (χ3n) is 5.82. The van der Waals surface area contributed by atoms with Gasteiger partial charge in [0.1, 0.15) is 11.5 Å². The van der Waals surface area contributed by atoms with Crippen molar-refractivity contribution >= 4 is 22.5 Å². The van der Waals surface area contributed by atoms with E-state index < -0.39 is 5.82 Å². The molecule has 164 valence electrons. The highest BCUT2D eigenvalue weighted by Gasteiger charge is 2.18. The molecule has 4 heterocycles. The second kappa shape index (κ2) is 8.16. The Balaban J connectivity index is 1.44. The Morgan fingerprint density at radius 1 is 1.22 bits per heavy atom. The van der Waals surface area contributed by atoms with Crippen LogP contribution in [0.5, 0.6) is 0 Å². The second-order valence-corrected chi connectivity index (χ2v) is 8.27. The van der Waals surface area contributed by atoms with Crippen LogP contribution in [0.2, 0.25) is 0 Å². The standard InChI is InChI=1S/C23H24FN7O/c1-14-7-16(27-21(32)13-31-5-3-4-6-31)8-18(24)22(14)19-9-17-20(11-25-19)28-29-23(17)15-10-26-30(2)12-15/h7-12H,3-6,13H2,1-2H3,(H,27,32)(H,28,29). The van der Waals surface area contributed by atoms with Crippen molar-refractivity contribution in [3.8, 4) is 22.5 Å². The van der Waals surface area contributed by atoms with Gasteiger partial charge in [-0.3, -0.25) is 24.5 Å². The number of benzene rings is 1. The van der Waals surface area contributed by atoms with E-state index in [0.717, 1.165) is 48.1 Å². The molecule has 0 spiro atoms. The molecule has 3 aromatic heterocycles. The Labute approximate surface area is 184 Å². The van der Waals surface area contributed by atoms with Gasteiger partial charge < -0.3 is 5.32 Å². The number of H-pyrrole nitrogens is 1. The molecule has 1 saturated heterocycles. The number of pyridine rings is 1. The van der Waals surface area contributed by atoms with Crippen molar-refractivity contribution in [1.82, 2.24) is 29.9 Å². The number of rotatable bonds is 5. The van der Waals surface area contributed by atoms with Gasteiger partial charge in [0.05, 0.1) is 30.1 Å². The van der Waals surface area contributed by atoms with Crippen LogP contribution >= 0.6 is 0 Å². The van der Waals surface area contributed by atoms with Gasteiger partial charge in [0.15, 0.2) is 0 Å². The van der Waals surface area contributed by atoms with E-state index in [-0.39, 0.29) is 5.91 Å².